The van der Waals surface area contributed by atoms with Crippen LogP contribution in [0.5, 0.6) is 0 Å². The van der Waals surface area contributed by atoms with E-state index in [0.29, 0.717) is 28.2 Å². The van der Waals surface area contributed by atoms with Gasteiger partial charge in [0.25, 0.3) is 5.89 Å². The summed E-state index contributed by atoms with van der Waals surface area (Å²) in [5, 5.41) is 7.65. The number of rotatable bonds is 4. The molecular weight excluding hydrogens is 310 g/mol. The van der Waals surface area contributed by atoms with Gasteiger partial charge < -0.3 is 4.42 Å². The van der Waals surface area contributed by atoms with E-state index in [1.54, 1.807) is 12.1 Å². The summed E-state index contributed by atoms with van der Waals surface area (Å²) in [4.78, 5) is 0. The molecule has 90 valence electrons. The van der Waals surface area contributed by atoms with Crippen molar-refractivity contribution in [2.75, 3.05) is 5.88 Å². The van der Waals surface area contributed by atoms with Crippen molar-refractivity contribution in [3.63, 3.8) is 0 Å². The molecule has 1 aromatic heterocycles. The van der Waals surface area contributed by atoms with Crippen LogP contribution in [0.4, 0.5) is 4.39 Å². The van der Waals surface area contributed by atoms with Crippen molar-refractivity contribution >= 4 is 27.5 Å². The average molecular weight is 320 g/mol. The van der Waals surface area contributed by atoms with Crippen LogP contribution in [0.25, 0.3) is 11.5 Å². The molecule has 6 heteroatoms. The molecule has 0 radical (unpaired) electrons. The fourth-order valence-corrected chi connectivity index (χ4v) is 1.81. The lowest BCUT2D eigenvalue weighted by Crippen LogP contribution is -1.85. The van der Waals surface area contributed by atoms with Gasteiger partial charge >= 0.3 is 0 Å². The Morgan fingerprint density at radius 3 is 2.88 bits per heavy atom. The third-order valence-electron chi connectivity index (χ3n) is 2.15. The zero-order valence-electron chi connectivity index (χ0n) is 8.79. The third kappa shape index (κ3) is 3.04. The molecule has 1 heterocycles. The van der Waals surface area contributed by atoms with Gasteiger partial charge in [0.2, 0.25) is 5.89 Å². The molecule has 1 aromatic carbocycles. The molecule has 3 nitrogen and oxygen atoms in total. The van der Waals surface area contributed by atoms with Crippen molar-refractivity contribution in [1.29, 1.82) is 0 Å². The fraction of sp³-hybridized carbons (Fsp3) is 0.273. The molecule has 0 aliphatic heterocycles. The number of benzene rings is 1. The van der Waals surface area contributed by atoms with Crippen LogP contribution in [-0.2, 0) is 6.42 Å². The Morgan fingerprint density at radius 2 is 2.18 bits per heavy atom. The first kappa shape index (κ1) is 12.5. The maximum Gasteiger partial charge on any atom is 0.250 e. The van der Waals surface area contributed by atoms with Crippen molar-refractivity contribution in [3.05, 3.63) is 34.4 Å². The summed E-state index contributed by atoms with van der Waals surface area (Å²) >= 11 is 8.75. The van der Waals surface area contributed by atoms with Crippen LogP contribution >= 0.6 is 27.5 Å². The highest BCUT2D eigenvalue weighted by Crippen LogP contribution is 2.24. The molecule has 0 N–H and O–H groups in total. The molecule has 0 saturated heterocycles. The summed E-state index contributed by atoms with van der Waals surface area (Å²) in [6.45, 7) is 0. The quantitative estimate of drug-likeness (QED) is 0.804. The van der Waals surface area contributed by atoms with E-state index in [1.807, 2.05) is 0 Å². The van der Waals surface area contributed by atoms with Gasteiger partial charge in [-0.2, -0.15) is 0 Å². The maximum absolute atomic E-state index is 13.6. The first-order valence-corrected chi connectivity index (χ1v) is 6.37. The Morgan fingerprint density at radius 1 is 1.35 bits per heavy atom. The van der Waals surface area contributed by atoms with Crippen LogP contribution in [0, 0.1) is 5.82 Å². The van der Waals surface area contributed by atoms with Gasteiger partial charge in [0.15, 0.2) is 0 Å². The monoisotopic (exact) mass is 318 g/mol. The number of alkyl halides is 1. The molecule has 0 aliphatic rings. The molecule has 17 heavy (non-hydrogen) atoms. The molecule has 0 amide bonds. The van der Waals surface area contributed by atoms with Gasteiger partial charge in [-0.3, -0.25) is 0 Å². The van der Waals surface area contributed by atoms with Crippen LogP contribution in [0.1, 0.15) is 12.3 Å². The topological polar surface area (TPSA) is 38.9 Å². The second-order valence-electron chi connectivity index (χ2n) is 3.42. The molecule has 0 fully saturated rings. The van der Waals surface area contributed by atoms with Crippen molar-refractivity contribution in [3.8, 4) is 11.5 Å². The van der Waals surface area contributed by atoms with Crippen LogP contribution in [-0.4, -0.2) is 16.1 Å². The number of halogens is 3. The van der Waals surface area contributed by atoms with E-state index < -0.39 is 5.82 Å². The first-order valence-electron chi connectivity index (χ1n) is 5.04. The van der Waals surface area contributed by atoms with Gasteiger partial charge in [0.1, 0.15) is 5.82 Å². The van der Waals surface area contributed by atoms with E-state index in [1.165, 1.54) is 6.07 Å². The minimum absolute atomic E-state index is 0.194. The Balaban J connectivity index is 2.24. The normalized spacial score (nSPS) is 10.8. The Bertz CT molecular complexity index is 518. The summed E-state index contributed by atoms with van der Waals surface area (Å²) in [7, 11) is 0. The van der Waals surface area contributed by atoms with Crippen molar-refractivity contribution in [2.24, 2.45) is 0 Å². The van der Waals surface area contributed by atoms with E-state index in [-0.39, 0.29) is 5.89 Å². The molecule has 0 unspecified atom stereocenters. The van der Waals surface area contributed by atoms with Crippen molar-refractivity contribution in [1.82, 2.24) is 10.2 Å². The second-order valence-corrected chi connectivity index (χ2v) is 4.71. The molecule has 0 bridgehead atoms. The summed E-state index contributed by atoms with van der Waals surface area (Å²) in [6, 6.07) is 4.68. The molecule has 0 spiro atoms. The lowest BCUT2D eigenvalue weighted by atomic mass is 10.2. The lowest BCUT2D eigenvalue weighted by molar-refractivity contribution is 0.498. The predicted molar refractivity (Wildman–Crippen MR) is 66.4 cm³/mol. The van der Waals surface area contributed by atoms with E-state index in [2.05, 4.69) is 26.1 Å². The Labute approximate surface area is 111 Å². The van der Waals surface area contributed by atoms with E-state index in [9.17, 15) is 4.39 Å². The van der Waals surface area contributed by atoms with E-state index in [4.69, 9.17) is 16.0 Å². The van der Waals surface area contributed by atoms with Crippen LogP contribution in [0.2, 0.25) is 0 Å². The molecular formula is C11H9BrClFN2O. The Kier molecular flexibility index (Phi) is 4.12. The average Bonchev–Trinajstić information content (AvgIpc) is 2.75. The Hall–Kier alpha value is -0.940. The molecule has 0 atom stereocenters. The highest BCUT2D eigenvalue weighted by Gasteiger charge is 2.12. The van der Waals surface area contributed by atoms with Crippen LogP contribution in [0.15, 0.2) is 27.1 Å². The summed E-state index contributed by atoms with van der Waals surface area (Å²) in [5.41, 5.74) is 0.304. The van der Waals surface area contributed by atoms with E-state index in [0.717, 1.165) is 6.42 Å². The summed E-state index contributed by atoms with van der Waals surface area (Å²) in [6.07, 6.45) is 1.36. The smallest absolute Gasteiger partial charge is 0.250 e. The van der Waals surface area contributed by atoms with Crippen LogP contribution < -0.4 is 0 Å². The number of aromatic nitrogens is 2. The van der Waals surface area contributed by atoms with Gasteiger partial charge in [0.05, 0.1) is 5.56 Å². The van der Waals surface area contributed by atoms with Crippen LogP contribution in [0.3, 0.4) is 0 Å². The largest absolute Gasteiger partial charge is 0.421 e. The van der Waals surface area contributed by atoms with Gasteiger partial charge in [0, 0.05) is 16.8 Å². The minimum Gasteiger partial charge on any atom is -0.421 e. The predicted octanol–water partition coefficient (Wildman–Crippen LogP) is 3.81. The highest BCUT2D eigenvalue weighted by atomic mass is 79.9. The summed E-state index contributed by atoms with van der Waals surface area (Å²) in [5.74, 6) is 0.805. The zero-order chi connectivity index (χ0) is 12.3. The van der Waals surface area contributed by atoms with Crippen molar-refractivity contribution in [2.45, 2.75) is 12.8 Å². The number of nitrogens with zero attached hydrogens (tertiary/aromatic N) is 2. The number of hydrogen-bond acceptors (Lipinski definition) is 3. The second kappa shape index (κ2) is 5.60. The van der Waals surface area contributed by atoms with Gasteiger partial charge in [-0.1, -0.05) is 15.9 Å². The maximum atomic E-state index is 13.6. The molecule has 2 rings (SSSR count). The van der Waals surface area contributed by atoms with E-state index >= 15 is 0 Å². The minimum atomic E-state index is -0.396. The number of hydrogen-bond donors (Lipinski definition) is 0. The third-order valence-corrected chi connectivity index (χ3v) is 2.91. The van der Waals surface area contributed by atoms with Crippen molar-refractivity contribution < 1.29 is 8.81 Å². The highest BCUT2D eigenvalue weighted by molar-refractivity contribution is 9.10. The standard InChI is InChI=1S/C11H9BrClFN2O/c12-7-3-4-8(9(14)6-7)11-16-15-10(17-11)2-1-5-13/h3-4,6H,1-2,5H2. The molecule has 0 aliphatic carbocycles. The SMILES string of the molecule is Fc1cc(Br)ccc1-c1nnc(CCCCl)o1. The first-order chi connectivity index (χ1) is 8.20. The lowest BCUT2D eigenvalue weighted by Gasteiger charge is -1.97. The number of aryl methyl sites for hydroxylation is 1. The van der Waals surface area contributed by atoms with Gasteiger partial charge in [-0.15, -0.1) is 21.8 Å². The van der Waals surface area contributed by atoms with Gasteiger partial charge in [-0.25, -0.2) is 4.39 Å². The molecule has 2 aromatic rings. The molecule has 0 saturated carbocycles. The fourth-order valence-electron chi connectivity index (χ4n) is 1.34. The van der Waals surface area contributed by atoms with Gasteiger partial charge in [-0.05, 0) is 24.6 Å². The zero-order valence-corrected chi connectivity index (χ0v) is 11.1. The summed E-state index contributed by atoms with van der Waals surface area (Å²) < 4.78 is 19.6.